The second-order valence-electron chi connectivity index (χ2n) is 12.4. The summed E-state index contributed by atoms with van der Waals surface area (Å²) < 4.78 is 6.08. The van der Waals surface area contributed by atoms with Crippen molar-refractivity contribution >= 4 is 34.4 Å². The second kappa shape index (κ2) is 11.1. The summed E-state index contributed by atoms with van der Waals surface area (Å²) in [5, 5.41) is 0. The molecule has 230 valence electrons. The predicted octanol–water partition coefficient (Wildman–Crippen LogP) is 7.66. The fourth-order valence-corrected chi connectivity index (χ4v) is 8.55. The van der Waals surface area contributed by atoms with Gasteiger partial charge in [-0.25, -0.2) is 4.90 Å². The van der Waals surface area contributed by atoms with Gasteiger partial charge in [0.15, 0.2) is 5.78 Å². The number of carbonyl (C=O) groups is 3. The zero-order valence-electron chi connectivity index (χ0n) is 26.0. The molecule has 2 aliphatic carbocycles. The lowest BCUT2D eigenvalue weighted by Gasteiger charge is -2.39. The van der Waals surface area contributed by atoms with Crippen LogP contribution in [0.5, 0.6) is 5.75 Å². The molecule has 0 unspecified atom stereocenters. The number of hydrogen-bond donors (Lipinski definition) is 0. The van der Waals surface area contributed by atoms with Crippen molar-refractivity contribution in [2.45, 2.75) is 24.2 Å². The topological polar surface area (TPSA) is 63.7 Å². The van der Waals surface area contributed by atoms with Gasteiger partial charge >= 0.3 is 0 Å². The minimum atomic E-state index is -1.44. The molecular formula is C42H33NO4. The summed E-state index contributed by atoms with van der Waals surface area (Å²) in [6, 6.07) is 46.2. The van der Waals surface area contributed by atoms with Crippen LogP contribution in [0.3, 0.4) is 0 Å². The summed E-state index contributed by atoms with van der Waals surface area (Å²) >= 11 is 0. The number of hydrogen-bond acceptors (Lipinski definition) is 4. The molecule has 0 N–H and O–H groups in total. The van der Waals surface area contributed by atoms with Crippen molar-refractivity contribution in [3.05, 3.63) is 168 Å². The molecule has 5 heteroatoms. The van der Waals surface area contributed by atoms with Crippen LogP contribution in [0.2, 0.25) is 0 Å². The minimum Gasteiger partial charge on any atom is -0.491 e. The van der Waals surface area contributed by atoms with E-state index in [1.165, 1.54) is 4.90 Å². The molecule has 3 aliphatic rings. The van der Waals surface area contributed by atoms with Gasteiger partial charge in [0.05, 0.1) is 35.0 Å². The van der Waals surface area contributed by atoms with Crippen molar-refractivity contribution < 1.29 is 19.1 Å². The number of carbonyl (C=O) groups excluding carboxylic acids is 3. The Labute approximate surface area is 274 Å². The van der Waals surface area contributed by atoms with Crippen LogP contribution in [0.1, 0.15) is 35.6 Å². The maximum Gasteiger partial charge on any atom is 0.239 e. The predicted molar refractivity (Wildman–Crippen MR) is 183 cm³/mol. The highest BCUT2D eigenvalue weighted by Crippen LogP contribution is 2.74. The molecule has 47 heavy (non-hydrogen) atoms. The third-order valence-electron chi connectivity index (χ3n) is 10.1. The van der Waals surface area contributed by atoms with E-state index in [1.807, 2.05) is 140 Å². The Morgan fingerprint density at radius 3 is 1.40 bits per heavy atom. The lowest BCUT2D eigenvalue weighted by Crippen LogP contribution is -2.45. The smallest absolute Gasteiger partial charge is 0.239 e. The molecular weight excluding hydrogens is 582 g/mol. The number of allylic oxidation sites excluding steroid dienone is 2. The number of amides is 2. The van der Waals surface area contributed by atoms with Crippen molar-refractivity contribution in [2.24, 2.45) is 11.8 Å². The molecule has 1 heterocycles. The van der Waals surface area contributed by atoms with Crippen LogP contribution >= 0.6 is 0 Å². The molecule has 1 aliphatic heterocycles. The number of rotatable bonds is 8. The third kappa shape index (κ3) is 3.80. The molecule has 2 bridgehead atoms. The SMILES string of the molecule is CCCOc1ccccc1N1C(=O)[C@@H]2[C@H](C1=O)[C@@]1(c3ccccc3)C(=O)[C@@]2(c2ccccc2)C(c2ccccc2)=C1c1ccccc1. The highest BCUT2D eigenvalue weighted by Gasteiger charge is 2.82. The molecule has 5 nitrogen and oxygen atoms in total. The Hall–Kier alpha value is -5.55. The highest BCUT2D eigenvalue weighted by molar-refractivity contribution is 6.39. The number of Topliss-reactive ketones (excluding diaryl/α,β-unsaturated/α-hetero) is 1. The molecule has 2 amide bonds. The molecule has 8 rings (SSSR count). The summed E-state index contributed by atoms with van der Waals surface area (Å²) in [7, 11) is 0. The van der Waals surface area contributed by atoms with E-state index in [0.29, 0.717) is 29.2 Å². The number of nitrogens with zero attached hydrogens (tertiary/aromatic N) is 1. The van der Waals surface area contributed by atoms with Crippen molar-refractivity contribution in [1.82, 2.24) is 0 Å². The lowest BCUT2D eigenvalue weighted by molar-refractivity contribution is -0.130. The average Bonchev–Trinajstić information content (AvgIpc) is 3.64. The third-order valence-corrected chi connectivity index (χ3v) is 10.1. The molecule has 5 aromatic rings. The Bertz CT molecular complexity index is 1920. The van der Waals surface area contributed by atoms with Gasteiger partial charge < -0.3 is 4.74 Å². The number of anilines is 1. The first kappa shape index (κ1) is 28.9. The van der Waals surface area contributed by atoms with Crippen LogP contribution in [-0.2, 0) is 25.2 Å². The number of benzene rings is 5. The number of ether oxygens (including phenoxy) is 1. The van der Waals surface area contributed by atoms with Gasteiger partial charge in [0.25, 0.3) is 0 Å². The summed E-state index contributed by atoms with van der Waals surface area (Å²) in [5.41, 5.74) is 2.22. The highest BCUT2D eigenvalue weighted by atomic mass is 16.5. The Balaban J connectivity index is 1.52. The molecule has 0 spiro atoms. The zero-order chi connectivity index (χ0) is 32.2. The minimum absolute atomic E-state index is 0.132. The fraction of sp³-hybridized carbons (Fsp3) is 0.167. The average molecular weight is 616 g/mol. The summed E-state index contributed by atoms with van der Waals surface area (Å²) in [4.78, 5) is 47.7. The van der Waals surface area contributed by atoms with Crippen LogP contribution in [0.25, 0.3) is 11.1 Å². The van der Waals surface area contributed by atoms with E-state index < -0.39 is 22.7 Å². The van der Waals surface area contributed by atoms with Crippen molar-refractivity contribution in [3.63, 3.8) is 0 Å². The number of fused-ring (bicyclic) bond motifs is 5. The van der Waals surface area contributed by atoms with Gasteiger partial charge in [-0.15, -0.1) is 0 Å². The van der Waals surface area contributed by atoms with Crippen LogP contribution in [-0.4, -0.2) is 24.2 Å². The largest absolute Gasteiger partial charge is 0.491 e. The first-order valence-electron chi connectivity index (χ1n) is 16.2. The van der Waals surface area contributed by atoms with E-state index in [-0.39, 0.29) is 17.6 Å². The maximum absolute atomic E-state index is 15.9. The molecule has 2 fully saturated rings. The van der Waals surface area contributed by atoms with Gasteiger partial charge in [0.2, 0.25) is 11.8 Å². The fourth-order valence-electron chi connectivity index (χ4n) is 8.55. The van der Waals surface area contributed by atoms with Crippen molar-refractivity contribution in [3.8, 4) is 5.75 Å². The van der Waals surface area contributed by atoms with Gasteiger partial charge in [-0.05, 0) is 52.0 Å². The van der Waals surface area contributed by atoms with E-state index in [0.717, 1.165) is 28.7 Å². The van der Waals surface area contributed by atoms with Gasteiger partial charge in [-0.1, -0.05) is 140 Å². The molecule has 1 saturated carbocycles. The van der Waals surface area contributed by atoms with Crippen LogP contribution < -0.4 is 9.64 Å². The number of imide groups is 1. The Morgan fingerprint density at radius 1 is 0.553 bits per heavy atom. The first-order chi connectivity index (χ1) is 23.1. The van der Waals surface area contributed by atoms with E-state index in [2.05, 4.69) is 0 Å². The Morgan fingerprint density at radius 2 is 0.957 bits per heavy atom. The van der Waals surface area contributed by atoms with E-state index in [9.17, 15) is 0 Å². The van der Waals surface area contributed by atoms with Gasteiger partial charge in [0.1, 0.15) is 5.75 Å². The van der Waals surface area contributed by atoms with E-state index in [4.69, 9.17) is 4.74 Å². The summed E-state index contributed by atoms with van der Waals surface area (Å²) in [5.74, 6) is -2.39. The van der Waals surface area contributed by atoms with E-state index >= 15 is 14.4 Å². The molecule has 5 aromatic carbocycles. The quantitative estimate of drug-likeness (QED) is 0.168. The maximum atomic E-state index is 15.9. The van der Waals surface area contributed by atoms with Crippen LogP contribution in [0.4, 0.5) is 5.69 Å². The summed E-state index contributed by atoms with van der Waals surface area (Å²) in [6.45, 7) is 2.45. The summed E-state index contributed by atoms with van der Waals surface area (Å²) in [6.07, 6.45) is 0.773. The molecule has 0 radical (unpaired) electrons. The first-order valence-corrected chi connectivity index (χ1v) is 16.2. The van der Waals surface area contributed by atoms with Crippen molar-refractivity contribution in [1.29, 1.82) is 0 Å². The second-order valence-corrected chi connectivity index (χ2v) is 12.4. The van der Waals surface area contributed by atoms with Gasteiger partial charge in [-0.3, -0.25) is 14.4 Å². The van der Waals surface area contributed by atoms with Crippen LogP contribution in [0, 0.1) is 11.8 Å². The molecule has 1 saturated heterocycles. The standard InChI is InChI=1S/C42H33NO4/c1-2-27-47-33-26-16-15-25-32(33)43-38(44)36-37(39(43)45)42(31-23-13-6-14-24-31)35(29-19-9-4-10-20-29)34(28-17-7-3-8-18-28)41(36,40(42)46)30-21-11-5-12-22-30/h3-26,36-37H,2,27H2,1H3/t36-,37+,41-,42-/m0/s1. The number of para-hydroxylation sites is 2. The zero-order valence-corrected chi connectivity index (χ0v) is 26.0. The van der Waals surface area contributed by atoms with Crippen LogP contribution in [0.15, 0.2) is 146 Å². The monoisotopic (exact) mass is 615 g/mol. The Kier molecular flexibility index (Phi) is 6.80. The lowest BCUT2D eigenvalue weighted by atomic mass is 9.59. The van der Waals surface area contributed by atoms with Crippen molar-refractivity contribution in [2.75, 3.05) is 11.5 Å². The molecule has 0 aromatic heterocycles. The van der Waals surface area contributed by atoms with E-state index in [1.54, 1.807) is 12.1 Å². The molecule has 4 atom stereocenters. The van der Waals surface area contributed by atoms with Gasteiger partial charge in [0, 0.05) is 0 Å². The normalized spacial score (nSPS) is 24.6. The number of ketones is 1. The van der Waals surface area contributed by atoms with Gasteiger partial charge in [-0.2, -0.15) is 0 Å².